The fourth-order valence-electron chi connectivity index (χ4n) is 1.71. The standard InChI is InChI=1S/C12H11ClN2O4/c1-18-9-4-3-6(13)11(19-2)10(9)7-5-8(12(16)17)15-14-7/h3-5H,1-2H3,(H,14,15)(H,16,17). The first-order valence-corrected chi connectivity index (χ1v) is 5.65. The summed E-state index contributed by atoms with van der Waals surface area (Å²) >= 11 is 6.04. The van der Waals surface area contributed by atoms with Crippen molar-refractivity contribution in [3.8, 4) is 22.8 Å². The van der Waals surface area contributed by atoms with Crippen LogP contribution in [0.4, 0.5) is 0 Å². The second kappa shape index (κ2) is 5.19. The number of rotatable bonds is 4. The largest absolute Gasteiger partial charge is 0.496 e. The number of hydrogen-bond acceptors (Lipinski definition) is 4. The van der Waals surface area contributed by atoms with E-state index in [1.54, 1.807) is 12.1 Å². The Labute approximate surface area is 113 Å². The van der Waals surface area contributed by atoms with Crippen molar-refractivity contribution in [3.05, 3.63) is 28.9 Å². The second-order valence-electron chi connectivity index (χ2n) is 3.63. The van der Waals surface area contributed by atoms with E-state index in [4.69, 9.17) is 26.2 Å². The molecule has 1 aromatic carbocycles. The first-order valence-electron chi connectivity index (χ1n) is 5.28. The monoisotopic (exact) mass is 282 g/mol. The van der Waals surface area contributed by atoms with E-state index in [1.807, 2.05) is 0 Å². The fourth-order valence-corrected chi connectivity index (χ4v) is 1.95. The van der Waals surface area contributed by atoms with Crippen molar-refractivity contribution in [3.63, 3.8) is 0 Å². The molecule has 1 aromatic heterocycles. The summed E-state index contributed by atoms with van der Waals surface area (Å²) in [4.78, 5) is 10.9. The normalized spacial score (nSPS) is 10.3. The van der Waals surface area contributed by atoms with Gasteiger partial charge in [0.1, 0.15) is 17.1 Å². The van der Waals surface area contributed by atoms with Gasteiger partial charge in [0.2, 0.25) is 0 Å². The van der Waals surface area contributed by atoms with E-state index in [9.17, 15) is 4.79 Å². The maximum Gasteiger partial charge on any atom is 0.353 e. The Morgan fingerprint density at radius 2 is 2.11 bits per heavy atom. The predicted molar refractivity (Wildman–Crippen MR) is 69.1 cm³/mol. The van der Waals surface area contributed by atoms with Crippen LogP contribution in [0.2, 0.25) is 5.02 Å². The molecule has 0 aliphatic heterocycles. The molecule has 0 fully saturated rings. The average Bonchev–Trinajstić information content (AvgIpc) is 2.87. The molecule has 2 aromatic rings. The third-order valence-electron chi connectivity index (χ3n) is 2.56. The SMILES string of the molecule is COc1ccc(Cl)c(OC)c1-c1cc(C(=O)O)[nH]n1. The van der Waals surface area contributed by atoms with Crippen LogP contribution in [-0.2, 0) is 0 Å². The quantitative estimate of drug-likeness (QED) is 0.900. The minimum absolute atomic E-state index is 0.0286. The molecule has 0 saturated heterocycles. The first-order chi connectivity index (χ1) is 9.08. The van der Waals surface area contributed by atoms with Crippen LogP contribution in [0.25, 0.3) is 11.3 Å². The number of aromatic carboxylic acids is 1. The van der Waals surface area contributed by atoms with Crippen molar-refractivity contribution >= 4 is 17.6 Å². The van der Waals surface area contributed by atoms with Crippen molar-refractivity contribution in [2.75, 3.05) is 14.2 Å². The number of methoxy groups -OCH3 is 2. The summed E-state index contributed by atoms with van der Waals surface area (Å²) in [6.07, 6.45) is 0. The van der Waals surface area contributed by atoms with Crippen LogP contribution in [0.3, 0.4) is 0 Å². The smallest absolute Gasteiger partial charge is 0.353 e. The third kappa shape index (κ3) is 2.34. The lowest BCUT2D eigenvalue weighted by Gasteiger charge is -2.12. The van der Waals surface area contributed by atoms with E-state index in [1.165, 1.54) is 20.3 Å². The number of ether oxygens (including phenoxy) is 2. The molecule has 2 rings (SSSR count). The summed E-state index contributed by atoms with van der Waals surface area (Å²) in [5.41, 5.74) is 0.855. The Kier molecular flexibility index (Phi) is 3.62. The highest BCUT2D eigenvalue weighted by Gasteiger charge is 2.19. The predicted octanol–water partition coefficient (Wildman–Crippen LogP) is 2.45. The number of hydrogen-bond donors (Lipinski definition) is 2. The maximum atomic E-state index is 10.9. The molecule has 0 radical (unpaired) electrons. The Morgan fingerprint density at radius 1 is 1.37 bits per heavy atom. The first kappa shape index (κ1) is 13.2. The van der Waals surface area contributed by atoms with Crippen LogP contribution in [-0.4, -0.2) is 35.5 Å². The van der Waals surface area contributed by atoms with Crippen LogP contribution in [0.1, 0.15) is 10.5 Å². The summed E-state index contributed by atoms with van der Waals surface area (Å²) < 4.78 is 10.5. The second-order valence-corrected chi connectivity index (χ2v) is 4.04. The molecule has 0 aliphatic carbocycles. The highest BCUT2D eigenvalue weighted by molar-refractivity contribution is 6.32. The van der Waals surface area contributed by atoms with Gasteiger partial charge >= 0.3 is 5.97 Å². The molecule has 0 unspecified atom stereocenters. The van der Waals surface area contributed by atoms with Gasteiger partial charge in [0.25, 0.3) is 0 Å². The molecule has 6 nitrogen and oxygen atoms in total. The Bertz CT molecular complexity index is 624. The van der Waals surface area contributed by atoms with Gasteiger partial charge in [-0.15, -0.1) is 0 Å². The summed E-state index contributed by atoms with van der Waals surface area (Å²) in [6.45, 7) is 0. The lowest BCUT2D eigenvalue weighted by atomic mass is 10.1. The van der Waals surface area contributed by atoms with Gasteiger partial charge in [-0.2, -0.15) is 5.10 Å². The fraction of sp³-hybridized carbons (Fsp3) is 0.167. The number of aromatic nitrogens is 2. The van der Waals surface area contributed by atoms with Gasteiger partial charge in [0.15, 0.2) is 5.75 Å². The Balaban J connectivity index is 2.64. The number of carboxylic acids is 1. The van der Waals surface area contributed by atoms with Gasteiger partial charge in [-0.3, -0.25) is 5.10 Å². The molecular weight excluding hydrogens is 272 g/mol. The van der Waals surface area contributed by atoms with Crippen molar-refractivity contribution in [1.82, 2.24) is 10.2 Å². The number of nitrogens with one attached hydrogen (secondary N) is 1. The maximum absolute atomic E-state index is 10.9. The molecule has 100 valence electrons. The molecule has 0 bridgehead atoms. The van der Waals surface area contributed by atoms with Crippen molar-refractivity contribution in [1.29, 1.82) is 0 Å². The van der Waals surface area contributed by atoms with Crippen LogP contribution in [0, 0.1) is 0 Å². The molecule has 19 heavy (non-hydrogen) atoms. The number of carboxylic acid groups (broad SMARTS) is 1. The molecule has 2 N–H and O–H groups in total. The van der Waals surface area contributed by atoms with Gasteiger partial charge in [0, 0.05) is 0 Å². The molecule has 0 aliphatic rings. The van der Waals surface area contributed by atoms with Gasteiger partial charge < -0.3 is 14.6 Å². The molecular formula is C12H11ClN2O4. The number of H-pyrrole nitrogens is 1. The zero-order valence-corrected chi connectivity index (χ0v) is 11.0. The topological polar surface area (TPSA) is 84.4 Å². The minimum Gasteiger partial charge on any atom is -0.496 e. The van der Waals surface area contributed by atoms with E-state index >= 15 is 0 Å². The molecule has 0 spiro atoms. The van der Waals surface area contributed by atoms with E-state index in [-0.39, 0.29) is 5.69 Å². The van der Waals surface area contributed by atoms with Gasteiger partial charge in [-0.1, -0.05) is 11.6 Å². The summed E-state index contributed by atoms with van der Waals surface area (Å²) in [6, 6.07) is 4.68. The summed E-state index contributed by atoms with van der Waals surface area (Å²) in [7, 11) is 2.96. The minimum atomic E-state index is -1.10. The van der Waals surface area contributed by atoms with Crippen molar-refractivity contribution in [2.45, 2.75) is 0 Å². The number of nitrogens with zero attached hydrogens (tertiary/aromatic N) is 1. The number of aromatic amines is 1. The number of halogens is 1. The average molecular weight is 283 g/mol. The summed E-state index contributed by atoms with van der Waals surface area (Å²) in [5.74, 6) is -0.229. The molecule has 0 saturated carbocycles. The lowest BCUT2D eigenvalue weighted by molar-refractivity contribution is 0.0690. The van der Waals surface area contributed by atoms with Gasteiger partial charge in [0.05, 0.1) is 24.8 Å². The highest BCUT2D eigenvalue weighted by Crippen LogP contribution is 2.42. The molecule has 0 atom stereocenters. The van der Waals surface area contributed by atoms with Gasteiger partial charge in [-0.25, -0.2) is 4.79 Å². The van der Waals surface area contributed by atoms with Crippen molar-refractivity contribution in [2.24, 2.45) is 0 Å². The van der Waals surface area contributed by atoms with E-state index < -0.39 is 5.97 Å². The van der Waals surface area contributed by atoms with Crippen LogP contribution in [0.15, 0.2) is 18.2 Å². The van der Waals surface area contributed by atoms with Crippen LogP contribution in [0.5, 0.6) is 11.5 Å². The van der Waals surface area contributed by atoms with E-state index in [0.717, 1.165) is 0 Å². The zero-order valence-electron chi connectivity index (χ0n) is 10.2. The lowest BCUT2D eigenvalue weighted by Crippen LogP contribution is -1.95. The van der Waals surface area contributed by atoms with Crippen molar-refractivity contribution < 1.29 is 19.4 Å². The number of benzene rings is 1. The zero-order chi connectivity index (χ0) is 14.0. The number of carbonyl (C=O) groups is 1. The van der Waals surface area contributed by atoms with E-state index in [2.05, 4.69) is 10.2 Å². The van der Waals surface area contributed by atoms with Gasteiger partial charge in [-0.05, 0) is 18.2 Å². The molecule has 7 heteroatoms. The summed E-state index contributed by atoms with van der Waals surface area (Å²) in [5, 5.41) is 15.6. The van der Waals surface area contributed by atoms with E-state index in [0.29, 0.717) is 27.8 Å². The molecule has 0 amide bonds. The third-order valence-corrected chi connectivity index (χ3v) is 2.86. The Morgan fingerprint density at radius 3 is 2.63 bits per heavy atom. The van der Waals surface area contributed by atoms with Crippen LogP contribution < -0.4 is 9.47 Å². The Hall–Kier alpha value is -2.21. The van der Waals surface area contributed by atoms with Crippen LogP contribution >= 0.6 is 11.6 Å². The molecule has 1 heterocycles. The highest BCUT2D eigenvalue weighted by atomic mass is 35.5.